The SMILES string of the molecule is O=Cc1cc(Cl)c(OCc2ccc(F)cc2)c(Br)c1. The number of carbonyl (C=O) groups is 1. The van der Waals surface area contributed by atoms with Gasteiger partial charge in [0, 0.05) is 5.56 Å². The van der Waals surface area contributed by atoms with Crippen molar-refractivity contribution in [1.82, 2.24) is 0 Å². The predicted molar refractivity (Wildman–Crippen MR) is 75.3 cm³/mol. The molecule has 0 radical (unpaired) electrons. The Morgan fingerprint density at radius 3 is 2.53 bits per heavy atom. The molecule has 0 atom stereocenters. The number of hydrogen-bond donors (Lipinski definition) is 0. The molecular weight excluding hydrogens is 335 g/mol. The van der Waals surface area contributed by atoms with Gasteiger partial charge in [-0.15, -0.1) is 0 Å². The molecule has 0 saturated carbocycles. The summed E-state index contributed by atoms with van der Waals surface area (Å²) < 4.78 is 18.9. The number of carbonyl (C=O) groups excluding carboxylic acids is 1. The van der Waals surface area contributed by atoms with Crippen LogP contribution in [0.2, 0.25) is 5.02 Å². The van der Waals surface area contributed by atoms with Crippen LogP contribution in [-0.4, -0.2) is 6.29 Å². The zero-order chi connectivity index (χ0) is 13.8. The van der Waals surface area contributed by atoms with Gasteiger partial charge < -0.3 is 4.74 Å². The number of ether oxygens (including phenoxy) is 1. The van der Waals surface area contributed by atoms with Crippen molar-refractivity contribution in [3.05, 3.63) is 62.8 Å². The number of benzene rings is 2. The molecule has 0 bridgehead atoms. The molecule has 0 fully saturated rings. The average Bonchev–Trinajstić information content (AvgIpc) is 2.39. The predicted octanol–water partition coefficient (Wildman–Crippen LogP) is 4.63. The third-order valence-electron chi connectivity index (χ3n) is 2.45. The van der Waals surface area contributed by atoms with Crippen molar-refractivity contribution in [2.45, 2.75) is 6.61 Å². The second-order valence-electron chi connectivity index (χ2n) is 3.85. The molecule has 0 aromatic heterocycles. The van der Waals surface area contributed by atoms with E-state index in [0.29, 0.717) is 27.1 Å². The van der Waals surface area contributed by atoms with E-state index in [4.69, 9.17) is 16.3 Å². The maximum Gasteiger partial charge on any atom is 0.152 e. The van der Waals surface area contributed by atoms with Crippen molar-refractivity contribution < 1.29 is 13.9 Å². The van der Waals surface area contributed by atoms with Gasteiger partial charge in [-0.05, 0) is 45.8 Å². The highest BCUT2D eigenvalue weighted by molar-refractivity contribution is 9.10. The molecule has 0 saturated heterocycles. The molecule has 2 rings (SSSR count). The maximum absolute atomic E-state index is 12.8. The van der Waals surface area contributed by atoms with Gasteiger partial charge in [0.15, 0.2) is 5.75 Å². The first-order valence-electron chi connectivity index (χ1n) is 5.41. The van der Waals surface area contributed by atoms with E-state index < -0.39 is 0 Å². The van der Waals surface area contributed by atoms with Crippen LogP contribution in [0, 0.1) is 5.82 Å². The van der Waals surface area contributed by atoms with Crippen molar-refractivity contribution in [3.8, 4) is 5.75 Å². The third kappa shape index (κ3) is 3.55. The van der Waals surface area contributed by atoms with Crippen LogP contribution < -0.4 is 4.74 Å². The van der Waals surface area contributed by atoms with Crippen LogP contribution in [0.25, 0.3) is 0 Å². The zero-order valence-electron chi connectivity index (χ0n) is 9.70. The van der Waals surface area contributed by atoms with E-state index in [2.05, 4.69) is 15.9 Å². The first-order valence-corrected chi connectivity index (χ1v) is 6.58. The van der Waals surface area contributed by atoms with Crippen molar-refractivity contribution in [2.75, 3.05) is 0 Å². The lowest BCUT2D eigenvalue weighted by Crippen LogP contribution is -1.97. The van der Waals surface area contributed by atoms with Crippen molar-refractivity contribution >= 4 is 33.8 Å². The number of hydrogen-bond acceptors (Lipinski definition) is 2. The molecule has 0 aliphatic rings. The molecule has 0 amide bonds. The second-order valence-corrected chi connectivity index (χ2v) is 5.11. The molecule has 2 aromatic rings. The Balaban J connectivity index is 2.15. The van der Waals surface area contributed by atoms with Crippen LogP contribution in [0.15, 0.2) is 40.9 Å². The van der Waals surface area contributed by atoms with Crippen LogP contribution in [-0.2, 0) is 6.61 Å². The van der Waals surface area contributed by atoms with Gasteiger partial charge in [0.2, 0.25) is 0 Å². The highest BCUT2D eigenvalue weighted by atomic mass is 79.9. The van der Waals surface area contributed by atoms with Crippen LogP contribution in [0.3, 0.4) is 0 Å². The van der Waals surface area contributed by atoms with Crippen LogP contribution >= 0.6 is 27.5 Å². The molecule has 0 spiro atoms. The summed E-state index contributed by atoms with van der Waals surface area (Å²) >= 11 is 9.33. The molecule has 0 heterocycles. The van der Waals surface area contributed by atoms with E-state index in [0.717, 1.165) is 5.56 Å². The molecule has 0 N–H and O–H groups in total. The van der Waals surface area contributed by atoms with E-state index in [-0.39, 0.29) is 12.4 Å². The number of aldehydes is 1. The summed E-state index contributed by atoms with van der Waals surface area (Å²) in [6.07, 6.45) is 0.709. The lowest BCUT2D eigenvalue weighted by atomic mass is 10.2. The minimum absolute atomic E-state index is 0.263. The summed E-state index contributed by atoms with van der Waals surface area (Å²) in [4.78, 5) is 10.7. The monoisotopic (exact) mass is 342 g/mol. The molecule has 98 valence electrons. The fourth-order valence-electron chi connectivity index (χ4n) is 1.52. The van der Waals surface area contributed by atoms with Gasteiger partial charge in [0.25, 0.3) is 0 Å². The van der Waals surface area contributed by atoms with E-state index in [1.165, 1.54) is 18.2 Å². The number of rotatable bonds is 4. The first-order chi connectivity index (χ1) is 9.10. The summed E-state index contributed by atoms with van der Waals surface area (Å²) in [5.41, 5.74) is 1.29. The van der Waals surface area contributed by atoms with E-state index in [1.807, 2.05) is 0 Å². The minimum Gasteiger partial charge on any atom is -0.486 e. The molecule has 0 unspecified atom stereocenters. The summed E-state index contributed by atoms with van der Waals surface area (Å²) in [6.45, 7) is 0.263. The van der Waals surface area contributed by atoms with Crippen LogP contribution in [0.5, 0.6) is 5.75 Å². The Bertz CT molecular complexity index is 576. The summed E-state index contributed by atoms with van der Waals surface area (Å²) in [5.74, 6) is 0.162. The fourth-order valence-corrected chi connectivity index (χ4v) is 2.51. The fraction of sp³-hybridized carbons (Fsp3) is 0.0714. The largest absolute Gasteiger partial charge is 0.486 e. The molecular formula is C14H9BrClFO2. The van der Waals surface area contributed by atoms with Gasteiger partial charge in [-0.3, -0.25) is 4.79 Å². The van der Waals surface area contributed by atoms with Crippen LogP contribution in [0.4, 0.5) is 4.39 Å². The van der Waals surface area contributed by atoms with Crippen LogP contribution in [0.1, 0.15) is 15.9 Å². The Hall–Kier alpha value is -1.39. The summed E-state index contributed by atoms with van der Waals surface area (Å²) in [7, 11) is 0. The molecule has 19 heavy (non-hydrogen) atoms. The Labute approximate surface area is 123 Å². The molecule has 0 aliphatic carbocycles. The Morgan fingerprint density at radius 1 is 1.26 bits per heavy atom. The van der Waals surface area contributed by atoms with E-state index in [9.17, 15) is 9.18 Å². The van der Waals surface area contributed by atoms with Gasteiger partial charge in [-0.1, -0.05) is 23.7 Å². The van der Waals surface area contributed by atoms with Gasteiger partial charge in [-0.2, -0.15) is 0 Å². The van der Waals surface area contributed by atoms with Crippen molar-refractivity contribution in [2.24, 2.45) is 0 Å². The number of halogens is 3. The molecule has 5 heteroatoms. The Kier molecular flexibility index (Phi) is 4.56. The molecule has 2 aromatic carbocycles. The molecule has 2 nitrogen and oxygen atoms in total. The maximum atomic E-state index is 12.8. The lowest BCUT2D eigenvalue weighted by Gasteiger charge is -2.10. The standard InChI is InChI=1S/C14H9BrClFO2/c15-12-5-10(7-18)6-13(16)14(12)19-8-9-1-3-11(17)4-2-9/h1-7H,8H2. The Morgan fingerprint density at radius 2 is 1.95 bits per heavy atom. The summed E-state index contributed by atoms with van der Waals surface area (Å²) in [5, 5.41) is 0.346. The van der Waals surface area contributed by atoms with E-state index >= 15 is 0 Å². The van der Waals surface area contributed by atoms with Crippen molar-refractivity contribution in [1.29, 1.82) is 0 Å². The van der Waals surface area contributed by atoms with Gasteiger partial charge in [-0.25, -0.2) is 4.39 Å². The quantitative estimate of drug-likeness (QED) is 0.756. The smallest absolute Gasteiger partial charge is 0.152 e. The normalized spacial score (nSPS) is 10.3. The minimum atomic E-state index is -0.293. The average molecular weight is 344 g/mol. The molecule has 0 aliphatic heterocycles. The summed E-state index contributed by atoms with van der Waals surface area (Å²) in [6, 6.07) is 9.15. The van der Waals surface area contributed by atoms with Gasteiger partial charge >= 0.3 is 0 Å². The highest BCUT2D eigenvalue weighted by Gasteiger charge is 2.09. The first kappa shape index (κ1) is 14.0. The van der Waals surface area contributed by atoms with Gasteiger partial charge in [0.05, 0.1) is 9.50 Å². The van der Waals surface area contributed by atoms with Crippen molar-refractivity contribution in [3.63, 3.8) is 0 Å². The topological polar surface area (TPSA) is 26.3 Å². The zero-order valence-corrected chi connectivity index (χ0v) is 12.0. The third-order valence-corrected chi connectivity index (χ3v) is 3.32. The van der Waals surface area contributed by atoms with E-state index in [1.54, 1.807) is 18.2 Å². The van der Waals surface area contributed by atoms with Gasteiger partial charge in [0.1, 0.15) is 18.7 Å². The lowest BCUT2D eigenvalue weighted by molar-refractivity contribution is 0.112. The second kappa shape index (κ2) is 6.17. The highest BCUT2D eigenvalue weighted by Crippen LogP contribution is 2.34.